The summed E-state index contributed by atoms with van der Waals surface area (Å²) in [5, 5.41) is 7.04. The molecule has 2 N–H and O–H groups in total. The van der Waals surface area contributed by atoms with Gasteiger partial charge in [-0.1, -0.05) is 18.2 Å². The zero-order valence-corrected chi connectivity index (χ0v) is 19.4. The first kappa shape index (κ1) is 22.5. The van der Waals surface area contributed by atoms with Gasteiger partial charge in [0, 0.05) is 41.7 Å². The van der Waals surface area contributed by atoms with Gasteiger partial charge in [0.2, 0.25) is 0 Å². The number of ether oxygens (including phenoxy) is 1. The van der Waals surface area contributed by atoms with Gasteiger partial charge in [-0.05, 0) is 24.6 Å². The van der Waals surface area contributed by atoms with E-state index in [4.69, 9.17) is 4.74 Å². The Labute approximate surface area is 196 Å². The van der Waals surface area contributed by atoms with Crippen molar-refractivity contribution >= 4 is 34.4 Å². The van der Waals surface area contributed by atoms with Crippen LogP contribution in [0.25, 0.3) is 22.2 Å². The molecule has 0 saturated heterocycles. The van der Waals surface area contributed by atoms with Gasteiger partial charge in [0.15, 0.2) is 0 Å². The van der Waals surface area contributed by atoms with Crippen LogP contribution in [0, 0.1) is 0 Å². The van der Waals surface area contributed by atoms with E-state index in [2.05, 4.69) is 43.6 Å². The fourth-order valence-corrected chi connectivity index (χ4v) is 4.32. The third kappa shape index (κ3) is 5.04. The lowest BCUT2D eigenvalue weighted by Crippen LogP contribution is -2.18. The molecule has 0 radical (unpaired) electrons. The van der Waals surface area contributed by atoms with Gasteiger partial charge in [0.1, 0.15) is 17.9 Å². The lowest BCUT2D eigenvalue weighted by Gasteiger charge is -2.15. The Bertz CT molecular complexity index is 1280. The van der Waals surface area contributed by atoms with Crippen LogP contribution in [0.3, 0.4) is 0 Å². The van der Waals surface area contributed by atoms with Crippen molar-refractivity contribution in [3.05, 3.63) is 72.4 Å². The molecule has 0 aliphatic heterocycles. The highest BCUT2D eigenvalue weighted by Gasteiger charge is 2.15. The minimum atomic E-state index is -0.118. The highest BCUT2D eigenvalue weighted by atomic mass is 32.2. The average Bonchev–Trinajstić information content (AvgIpc) is 2.87. The van der Waals surface area contributed by atoms with Crippen molar-refractivity contribution < 1.29 is 9.53 Å². The third-order valence-electron chi connectivity index (χ3n) is 5.21. The SMILES string of the molecule is CNC(=O)c1ccnc2c([C@H](C)SCNc3cc(-c4cncc(OC)c4)ncn3)cccc12. The van der Waals surface area contributed by atoms with E-state index in [1.54, 1.807) is 50.6 Å². The molecule has 0 aliphatic rings. The number of pyridine rings is 2. The molecule has 33 heavy (non-hydrogen) atoms. The molecule has 3 heterocycles. The van der Waals surface area contributed by atoms with E-state index in [1.807, 2.05) is 24.3 Å². The van der Waals surface area contributed by atoms with Gasteiger partial charge in [0.05, 0.1) is 36.0 Å². The average molecular weight is 461 g/mol. The Morgan fingerprint density at radius 3 is 2.85 bits per heavy atom. The van der Waals surface area contributed by atoms with Crippen LogP contribution in [0.1, 0.15) is 28.1 Å². The molecule has 1 amide bonds. The summed E-state index contributed by atoms with van der Waals surface area (Å²) in [6, 6.07) is 11.5. The number of fused-ring (bicyclic) bond motifs is 1. The number of anilines is 1. The zero-order chi connectivity index (χ0) is 23.2. The quantitative estimate of drug-likeness (QED) is 0.375. The first-order valence-corrected chi connectivity index (χ1v) is 11.4. The number of carbonyl (C=O) groups is 1. The molecule has 0 aliphatic carbocycles. The fourth-order valence-electron chi connectivity index (χ4n) is 3.47. The van der Waals surface area contributed by atoms with Crippen molar-refractivity contribution in [3.8, 4) is 17.0 Å². The van der Waals surface area contributed by atoms with Gasteiger partial charge in [-0.2, -0.15) is 0 Å². The molecule has 4 aromatic rings. The number of rotatable bonds is 8. The molecular formula is C24H24N6O2S. The predicted octanol–water partition coefficient (Wildman–Crippen LogP) is 4.32. The number of benzene rings is 1. The van der Waals surface area contributed by atoms with E-state index >= 15 is 0 Å². The summed E-state index contributed by atoms with van der Waals surface area (Å²) in [7, 11) is 3.24. The molecule has 4 rings (SSSR count). The Morgan fingerprint density at radius 2 is 2.03 bits per heavy atom. The lowest BCUT2D eigenvalue weighted by molar-refractivity contribution is 0.0964. The maximum atomic E-state index is 12.2. The van der Waals surface area contributed by atoms with E-state index in [-0.39, 0.29) is 11.2 Å². The van der Waals surface area contributed by atoms with Gasteiger partial charge >= 0.3 is 0 Å². The number of carbonyl (C=O) groups excluding carboxylic acids is 1. The van der Waals surface area contributed by atoms with Crippen LogP contribution in [0.5, 0.6) is 5.75 Å². The van der Waals surface area contributed by atoms with Crippen LogP contribution >= 0.6 is 11.8 Å². The molecule has 9 heteroatoms. The number of methoxy groups -OCH3 is 1. The van der Waals surface area contributed by atoms with Crippen LogP contribution in [-0.4, -0.2) is 45.9 Å². The summed E-state index contributed by atoms with van der Waals surface area (Å²) in [4.78, 5) is 29.6. The zero-order valence-electron chi connectivity index (χ0n) is 18.6. The summed E-state index contributed by atoms with van der Waals surface area (Å²) < 4.78 is 5.25. The summed E-state index contributed by atoms with van der Waals surface area (Å²) >= 11 is 1.72. The van der Waals surface area contributed by atoms with E-state index in [0.717, 1.165) is 33.5 Å². The molecular weight excluding hydrogens is 436 g/mol. The highest BCUT2D eigenvalue weighted by Crippen LogP contribution is 2.33. The predicted molar refractivity (Wildman–Crippen MR) is 131 cm³/mol. The number of aromatic nitrogens is 4. The van der Waals surface area contributed by atoms with Crippen LogP contribution in [0.15, 0.2) is 61.3 Å². The van der Waals surface area contributed by atoms with E-state index < -0.39 is 0 Å². The summed E-state index contributed by atoms with van der Waals surface area (Å²) in [5.41, 5.74) is 4.16. The smallest absolute Gasteiger partial charge is 0.251 e. The molecule has 1 atom stereocenters. The van der Waals surface area contributed by atoms with Crippen molar-refractivity contribution in [1.29, 1.82) is 0 Å². The second-order valence-electron chi connectivity index (χ2n) is 7.21. The van der Waals surface area contributed by atoms with Crippen molar-refractivity contribution in [2.24, 2.45) is 0 Å². The monoisotopic (exact) mass is 460 g/mol. The van der Waals surface area contributed by atoms with Crippen molar-refractivity contribution in [1.82, 2.24) is 25.3 Å². The minimum Gasteiger partial charge on any atom is -0.495 e. The number of para-hydroxylation sites is 1. The third-order valence-corrected chi connectivity index (χ3v) is 6.28. The fraction of sp³-hybridized carbons (Fsp3) is 0.208. The van der Waals surface area contributed by atoms with Gasteiger partial charge in [-0.3, -0.25) is 14.8 Å². The molecule has 168 valence electrons. The number of thioether (sulfide) groups is 1. The number of amides is 1. The Morgan fingerprint density at radius 1 is 1.15 bits per heavy atom. The Kier molecular flexibility index (Phi) is 6.99. The Balaban J connectivity index is 1.46. The first-order valence-electron chi connectivity index (χ1n) is 10.4. The van der Waals surface area contributed by atoms with E-state index in [0.29, 0.717) is 17.2 Å². The van der Waals surface area contributed by atoms with Crippen molar-refractivity contribution in [2.75, 3.05) is 25.4 Å². The van der Waals surface area contributed by atoms with E-state index in [9.17, 15) is 4.79 Å². The van der Waals surface area contributed by atoms with Crippen LogP contribution in [-0.2, 0) is 0 Å². The van der Waals surface area contributed by atoms with E-state index in [1.165, 1.54) is 6.33 Å². The van der Waals surface area contributed by atoms with Gasteiger partial charge in [-0.25, -0.2) is 9.97 Å². The molecule has 0 bridgehead atoms. The van der Waals surface area contributed by atoms with Crippen molar-refractivity contribution in [2.45, 2.75) is 12.2 Å². The number of hydrogen-bond acceptors (Lipinski definition) is 8. The second kappa shape index (κ2) is 10.3. The van der Waals surface area contributed by atoms with Gasteiger partial charge < -0.3 is 15.4 Å². The lowest BCUT2D eigenvalue weighted by atomic mass is 10.0. The maximum Gasteiger partial charge on any atom is 0.251 e. The highest BCUT2D eigenvalue weighted by molar-refractivity contribution is 7.99. The molecule has 0 saturated carbocycles. The summed E-state index contributed by atoms with van der Waals surface area (Å²) in [6.45, 7) is 2.13. The first-order chi connectivity index (χ1) is 16.1. The van der Waals surface area contributed by atoms with Crippen LogP contribution in [0.4, 0.5) is 5.82 Å². The normalized spacial score (nSPS) is 11.7. The van der Waals surface area contributed by atoms with Crippen molar-refractivity contribution in [3.63, 3.8) is 0 Å². The van der Waals surface area contributed by atoms with Gasteiger partial charge in [0.25, 0.3) is 5.91 Å². The number of nitrogens with one attached hydrogen (secondary N) is 2. The molecule has 8 nitrogen and oxygen atoms in total. The van der Waals surface area contributed by atoms with Crippen LogP contribution in [0.2, 0.25) is 0 Å². The summed E-state index contributed by atoms with van der Waals surface area (Å²) in [5.74, 6) is 1.92. The molecule has 1 aromatic carbocycles. The maximum absolute atomic E-state index is 12.2. The minimum absolute atomic E-state index is 0.118. The summed E-state index contributed by atoms with van der Waals surface area (Å²) in [6.07, 6.45) is 6.61. The van der Waals surface area contributed by atoms with Gasteiger partial charge in [-0.15, -0.1) is 11.8 Å². The number of nitrogens with zero attached hydrogens (tertiary/aromatic N) is 4. The van der Waals surface area contributed by atoms with Crippen LogP contribution < -0.4 is 15.4 Å². The topological polar surface area (TPSA) is 102 Å². The largest absolute Gasteiger partial charge is 0.495 e. The second-order valence-corrected chi connectivity index (χ2v) is 8.54. The molecule has 0 spiro atoms. The molecule has 0 fully saturated rings. The molecule has 3 aromatic heterocycles. The number of hydrogen-bond donors (Lipinski definition) is 2. The molecule has 0 unspecified atom stereocenters. The Hall–Kier alpha value is -3.72. The standard InChI is InChI=1S/C24H24N6O2S/c1-15(18-5-4-6-19-20(24(31)25-2)7-8-27-23(18)19)33-14-30-22-10-21(28-13-29-22)16-9-17(32-3)12-26-11-16/h4-13,15H,14H2,1-3H3,(H,25,31)(H,28,29,30)/t15-/m0/s1.